The highest BCUT2D eigenvalue weighted by Gasteiger charge is 2.28. The summed E-state index contributed by atoms with van der Waals surface area (Å²) in [6.07, 6.45) is 3.89. The molecule has 0 radical (unpaired) electrons. The Morgan fingerprint density at radius 1 is 1.33 bits per heavy atom. The van der Waals surface area contributed by atoms with Gasteiger partial charge in [0.15, 0.2) is 0 Å². The van der Waals surface area contributed by atoms with Crippen LogP contribution in [0.1, 0.15) is 39.5 Å². The second-order valence-electron chi connectivity index (χ2n) is 5.17. The van der Waals surface area contributed by atoms with Gasteiger partial charge in [-0.3, -0.25) is 0 Å². The minimum Gasteiger partial charge on any atom is -0.317 e. The smallest absolute Gasteiger partial charge is 0.214 e. The van der Waals surface area contributed by atoms with Gasteiger partial charge in [-0.2, -0.15) is 0 Å². The summed E-state index contributed by atoms with van der Waals surface area (Å²) < 4.78 is 26.1. The Labute approximate surface area is 118 Å². The maximum absolute atomic E-state index is 12.2. The van der Waals surface area contributed by atoms with E-state index < -0.39 is 10.0 Å². The first kappa shape index (κ1) is 18.2. The second kappa shape index (κ2) is 8.35. The van der Waals surface area contributed by atoms with Gasteiger partial charge in [0.25, 0.3) is 0 Å². The molecule has 1 atom stereocenters. The molecular weight excluding hydrogens is 272 g/mol. The Morgan fingerprint density at radius 2 is 1.89 bits per heavy atom. The Kier molecular flexibility index (Phi) is 8.43. The van der Waals surface area contributed by atoms with E-state index in [-0.39, 0.29) is 24.4 Å². The molecule has 1 N–H and O–H groups in total. The molecule has 18 heavy (non-hydrogen) atoms. The highest BCUT2D eigenvalue weighted by Crippen LogP contribution is 2.17. The molecule has 1 aliphatic heterocycles. The van der Waals surface area contributed by atoms with E-state index in [1.807, 2.05) is 6.92 Å². The number of nitrogens with one attached hydrogen (secondary N) is 1. The fraction of sp³-hybridized carbons (Fsp3) is 1.00. The van der Waals surface area contributed by atoms with E-state index in [2.05, 4.69) is 12.2 Å². The van der Waals surface area contributed by atoms with Crippen LogP contribution in [0.15, 0.2) is 0 Å². The van der Waals surface area contributed by atoms with Crippen LogP contribution in [0.4, 0.5) is 0 Å². The number of rotatable bonds is 6. The molecule has 0 bridgehead atoms. The molecule has 0 amide bonds. The lowest BCUT2D eigenvalue weighted by molar-refractivity contribution is 0.294. The van der Waals surface area contributed by atoms with Gasteiger partial charge in [0.1, 0.15) is 0 Å². The van der Waals surface area contributed by atoms with E-state index in [0.29, 0.717) is 5.75 Å². The highest BCUT2D eigenvalue weighted by atomic mass is 35.5. The molecule has 1 fully saturated rings. The van der Waals surface area contributed by atoms with Gasteiger partial charge in [0.05, 0.1) is 5.75 Å². The summed E-state index contributed by atoms with van der Waals surface area (Å²) in [4.78, 5) is 0. The maximum atomic E-state index is 12.2. The van der Waals surface area contributed by atoms with Crippen LogP contribution in [0.5, 0.6) is 0 Å². The molecule has 0 spiro atoms. The van der Waals surface area contributed by atoms with Crippen molar-refractivity contribution >= 4 is 22.4 Å². The first-order valence-corrected chi connectivity index (χ1v) is 8.24. The average Bonchev–Trinajstić information content (AvgIpc) is 2.28. The van der Waals surface area contributed by atoms with Crippen LogP contribution in [-0.2, 0) is 10.0 Å². The minimum absolute atomic E-state index is 0. The molecule has 1 heterocycles. The average molecular weight is 299 g/mol. The van der Waals surface area contributed by atoms with Gasteiger partial charge >= 0.3 is 0 Å². The van der Waals surface area contributed by atoms with Crippen LogP contribution >= 0.6 is 12.4 Å². The molecular formula is C12H27ClN2O2S. The van der Waals surface area contributed by atoms with Crippen molar-refractivity contribution < 1.29 is 8.42 Å². The summed E-state index contributed by atoms with van der Waals surface area (Å²) in [5, 5.41) is 3.26. The Bertz CT molecular complexity index is 316. The van der Waals surface area contributed by atoms with Crippen molar-refractivity contribution in [1.29, 1.82) is 0 Å². The molecule has 0 aliphatic carbocycles. The molecule has 1 unspecified atom stereocenters. The van der Waals surface area contributed by atoms with Crippen molar-refractivity contribution in [1.82, 2.24) is 9.62 Å². The van der Waals surface area contributed by atoms with E-state index in [0.717, 1.165) is 38.8 Å². The molecule has 1 saturated heterocycles. The summed E-state index contributed by atoms with van der Waals surface area (Å²) in [6.45, 7) is 5.97. The first-order valence-electron chi connectivity index (χ1n) is 6.63. The molecule has 0 aromatic carbocycles. The molecule has 0 saturated carbocycles. The third-order valence-corrected chi connectivity index (χ3v) is 5.70. The van der Waals surface area contributed by atoms with Gasteiger partial charge in [-0.15, -0.1) is 12.4 Å². The zero-order valence-corrected chi connectivity index (χ0v) is 13.3. The van der Waals surface area contributed by atoms with E-state index in [1.54, 1.807) is 11.4 Å². The topological polar surface area (TPSA) is 49.4 Å². The van der Waals surface area contributed by atoms with Gasteiger partial charge in [-0.05, 0) is 38.3 Å². The Morgan fingerprint density at radius 3 is 2.39 bits per heavy atom. The van der Waals surface area contributed by atoms with Crippen molar-refractivity contribution in [3.05, 3.63) is 0 Å². The van der Waals surface area contributed by atoms with Crippen molar-refractivity contribution in [2.75, 3.05) is 25.9 Å². The Hall–Kier alpha value is 0.160. The fourth-order valence-corrected chi connectivity index (χ4v) is 4.24. The van der Waals surface area contributed by atoms with Crippen molar-refractivity contribution in [3.63, 3.8) is 0 Å². The lowest BCUT2D eigenvalue weighted by Gasteiger charge is -2.31. The molecule has 1 rings (SSSR count). The first-order chi connectivity index (χ1) is 7.97. The SMILES string of the molecule is CCCC(C)CS(=O)(=O)N(C)C1CCNCC1.Cl. The fourth-order valence-electron chi connectivity index (χ4n) is 2.45. The van der Waals surface area contributed by atoms with Crippen molar-refractivity contribution in [2.45, 2.75) is 45.6 Å². The van der Waals surface area contributed by atoms with Crippen LogP contribution in [0.25, 0.3) is 0 Å². The van der Waals surface area contributed by atoms with E-state index in [4.69, 9.17) is 0 Å². The monoisotopic (exact) mass is 298 g/mol. The molecule has 4 nitrogen and oxygen atoms in total. The van der Waals surface area contributed by atoms with Crippen LogP contribution in [-0.4, -0.2) is 44.7 Å². The number of sulfonamides is 1. The second-order valence-corrected chi connectivity index (χ2v) is 7.24. The summed E-state index contributed by atoms with van der Waals surface area (Å²) in [6, 6.07) is 0.190. The van der Waals surface area contributed by atoms with Crippen LogP contribution in [0, 0.1) is 5.92 Å². The molecule has 1 aliphatic rings. The summed E-state index contributed by atoms with van der Waals surface area (Å²) in [5.74, 6) is 0.551. The predicted molar refractivity (Wildman–Crippen MR) is 78.8 cm³/mol. The third kappa shape index (κ3) is 5.43. The predicted octanol–water partition coefficient (Wildman–Crippen LogP) is 1.86. The van der Waals surface area contributed by atoms with Crippen LogP contribution in [0.3, 0.4) is 0 Å². The maximum Gasteiger partial charge on any atom is 0.214 e. The normalized spacial score (nSPS) is 19.6. The number of hydrogen-bond acceptors (Lipinski definition) is 3. The van der Waals surface area contributed by atoms with Gasteiger partial charge in [0.2, 0.25) is 10.0 Å². The lowest BCUT2D eigenvalue weighted by Crippen LogP contribution is -2.45. The summed E-state index contributed by atoms with van der Waals surface area (Å²) in [7, 11) is -1.34. The van der Waals surface area contributed by atoms with E-state index in [1.165, 1.54) is 0 Å². The van der Waals surface area contributed by atoms with Crippen molar-refractivity contribution in [3.8, 4) is 0 Å². The molecule has 110 valence electrons. The summed E-state index contributed by atoms with van der Waals surface area (Å²) >= 11 is 0. The number of piperidine rings is 1. The zero-order chi connectivity index (χ0) is 12.9. The number of halogens is 1. The van der Waals surface area contributed by atoms with Gasteiger partial charge < -0.3 is 5.32 Å². The molecule has 0 aromatic rings. The third-order valence-electron chi connectivity index (χ3n) is 3.54. The quantitative estimate of drug-likeness (QED) is 0.814. The summed E-state index contributed by atoms with van der Waals surface area (Å²) in [5.41, 5.74) is 0. The van der Waals surface area contributed by atoms with E-state index in [9.17, 15) is 8.42 Å². The molecule has 6 heteroatoms. The van der Waals surface area contributed by atoms with Crippen LogP contribution in [0.2, 0.25) is 0 Å². The van der Waals surface area contributed by atoms with Gasteiger partial charge in [0, 0.05) is 13.1 Å². The Balaban J connectivity index is 0.00000289. The number of hydrogen-bond donors (Lipinski definition) is 1. The standard InChI is InChI=1S/C12H26N2O2S.ClH/c1-4-5-11(2)10-17(15,16)14(3)12-6-8-13-9-7-12;/h11-13H,4-10H2,1-3H3;1H. The highest BCUT2D eigenvalue weighted by molar-refractivity contribution is 7.89. The molecule has 0 aromatic heterocycles. The van der Waals surface area contributed by atoms with Crippen molar-refractivity contribution in [2.24, 2.45) is 5.92 Å². The number of nitrogens with zero attached hydrogens (tertiary/aromatic N) is 1. The van der Waals surface area contributed by atoms with Gasteiger partial charge in [-0.25, -0.2) is 12.7 Å². The lowest BCUT2D eigenvalue weighted by atomic mass is 10.1. The largest absolute Gasteiger partial charge is 0.317 e. The zero-order valence-electron chi connectivity index (χ0n) is 11.7. The van der Waals surface area contributed by atoms with E-state index >= 15 is 0 Å². The minimum atomic E-state index is -3.08. The van der Waals surface area contributed by atoms with Crippen LogP contribution < -0.4 is 5.32 Å². The van der Waals surface area contributed by atoms with Gasteiger partial charge in [-0.1, -0.05) is 20.3 Å².